The van der Waals surface area contributed by atoms with Crippen molar-refractivity contribution in [1.29, 1.82) is 0 Å². The van der Waals surface area contributed by atoms with E-state index < -0.39 is 0 Å². The van der Waals surface area contributed by atoms with E-state index in [2.05, 4.69) is 10.00 Å². The summed E-state index contributed by atoms with van der Waals surface area (Å²) in [4.78, 5) is 17.0. The van der Waals surface area contributed by atoms with Gasteiger partial charge in [-0.1, -0.05) is 11.6 Å². The van der Waals surface area contributed by atoms with Crippen LogP contribution in [0, 0.1) is 13.8 Å². The highest BCUT2D eigenvalue weighted by Gasteiger charge is 2.28. The number of halogens is 1. The molecule has 3 rings (SSSR count). The summed E-state index contributed by atoms with van der Waals surface area (Å²) in [5.74, 6) is 1.05. The van der Waals surface area contributed by atoms with Crippen molar-refractivity contribution in [3.8, 4) is 0 Å². The van der Waals surface area contributed by atoms with E-state index in [1.54, 1.807) is 10.9 Å². The van der Waals surface area contributed by atoms with Gasteiger partial charge in [-0.25, -0.2) is 0 Å². The van der Waals surface area contributed by atoms with Gasteiger partial charge < -0.3 is 9.32 Å². The van der Waals surface area contributed by atoms with Crippen LogP contribution in [0.1, 0.15) is 30.1 Å². The first-order chi connectivity index (χ1) is 11.5. The fourth-order valence-corrected chi connectivity index (χ4v) is 3.26. The number of carbonyl (C=O) groups is 1. The minimum atomic E-state index is -0.340. The van der Waals surface area contributed by atoms with Crippen LogP contribution in [-0.4, -0.2) is 51.7 Å². The summed E-state index contributed by atoms with van der Waals surface area (Å²) in [5.41, 5.74) is 1.60. The average Bonchev–Trinajstić information content (AvgIpc) is 3.18. The van der Waals surface area contributed by atoms with Gasteiger partial charge in [-0.3, -0.25) is 14.4 Å². The average molecular weight is 351 g/mol. The summed E-state index contributed by atoms with van der Waals surface area (Å²) in [6.45, 7) is 9.55. The zero-order chi connectivity index (χ0) is 17.3. The van der Waals surface area contributed by atoms with E-state index in [1.807, 2.05) is 37.8 Å². The number of hydrogen-bond acceptors (Lipinski definition) is 4. The fraction of sp³-hybridized carbons (Fsp3) is 0.529. The number of piperazine rings is 1. The molecule has 1 aliphatic rings. The zero-order valence-corrected chi connectivity index (χ0v) is 15.1. The third kappa shape index (κ3) is 3.35. The highest BCUT2D eigenvalue weighted by atomic mass is 35.5. The van der Waals surface area contributed by atoms with E-state index in [0.717, 1.165) is 49.9 Å². The van der Waals surface area contributed by atoms with Crippen molar-refractivity contribution in [2.45, 2.75) is 33.4 Å². The third-order valence-corrected chi connectivity index (χ3v) is 5.15. The highest BCUT2D eigenvalue weighted by Crippen LogP contribution is 2.23. The Morgan fingerprint density at radius 3 is 2.58 bits per heavy atom. The molecule has 0 aliphatic carbocycles. The lowest BCUT2D eigenvalue weighted by molar-refractivity contribution is -0.136. The van der Waals surface area contributed by atoms with Crippen molar-refractivity contribution >= 4 is 17.5 Å². The van der Waals surface area contributed by atoms with E-state index in [4.69, 9.17) is 16.0 Å². The Kier molecular flexibility index (Phi) is 4.96. The topological polar surface area (TPSA) is 54.5 Å². The molecule has 0 bridgehead atoms. The molecule has 7 heteroatoms. The van der Waals surface area contributed by atoms with Gasteiger partial charge in [0.1, 0.15) is 11.8 Å². The number of carbonyl (C=O) groups excluding carboxylic acids is 1. The van der Waals surface area contributed by atoms with Crippen LogP contribution in [0.5, 0.6) is 0 Å². The second-order valence-electron chi connectivity index (χ2n) is 6.29. The smallest absolute Gasteiger partial charge is 0.247 e. The second kappa shape index (κ2) is 6.99. The third-order valence-electron chi connectivity index (χ3n) is 4.60. The first kappa shape index (κ1) is 17.0. The van der Waals surface area contributed by atoms with Crippen LogP contribution in [0.4, 0.5) is 0 Å². The van der Waals surface area contributed by atoms with E-state index in [0.29, 0.717) is 5.02 Å². The van der Waals surface area contributed by atoms with Gasteiger partial charge >= 0.3 is 0 Å². The van der Waals surface area contributed by atoms with Gasteiger partial charge in [0.15, 0.2) is 0 Å². The second-order valence-corrected chi connectivity index (χ2v) is 6.66. The molecule has 3 heterocycles. The lowest BCUT2D eigenvalue weighted by Crippen LogP contribution is -2.50. The molecule has 0 saturated carbocycles. The maximum atomic E-state index is 12.8. The Morgan fingerprint density at radius 1 is 1.33 bits per heavy atom. The summed E-state index contributed by atoms with van der Waals surface area (Å²) in [6.07, 6.45) is 1.69. The molecular weight excluding hydrogens is 328 g/mol. The highest BCUT2D eigenvalue weighted by molar-refractivity contribution is 6.31. The van der Waals surface area contributed by atoms with Gasteiger partial charge in [0.25, 0.3) is 0 Å². The van der Waals surface area contributed by atoms with Crippen LogP contribution in [0.15, 0.2) is 22.8 Å². The first-order valence-electron chi connectivity index (χ1n) is 8.22. The molecule has 2 aromatic heterocycles. The van der Waals surface area contributed by atoms with E-state index in [-0.39, 0.29) is 11.9 Å². The summed E-state index contributed by atoms with van der Waals surface area (Å²) in [7, 11) is 0. The van der Waals surface area contributed by atoms with Crippen molar-refractivity contribution in [2.24, 2.45) is 0 Å². The summed E-state index contributed by atoms with van der Waals surface area (Å²) in [5, 5.41) is 5.04. The van der Waals surface area contributed by atoms with Gasteiger partial charge in [0.2, 0.25) is 5.91 Å². The van der Waals surface area contributed by atoms with Crippen LogP contribution >= 0.6 is 11.6 Å². The molecular formula is C17H23ClN4O2. The molecule has 24 heavy (non-hydrogen) atoms. The van der Waals surface area contributed by atoms with Gasteiger partial charge in [-0.05, 0) is 32.9 Å². The van der Waals surface area contributed by atoms with Crippen LogP contribution in [0.25, 0.3) is 0 Å². The van der Waals surface area contributed by atoms with Crippen LogP contribution in [0.3, 0.4) is 0 Å². The molecule has 0 N–H and O–H groups in total. The van der Waals surface area contributed by atoms with Crippen molar-refractivity contribution < 1.29 is 9.21 Å². The number of aromatic nitrogens is 2. The van der Waals surface area contributed by atoms with Crippen LogP contribution < -0.4 is 0 Å². The minimum absolute atomic E-state index is 0.0925. The van der Waals surface area contributed by atoms with Gasteiger partial charge in [0, 0.05) is 26.2 Å². The van der Waals surface area contributed by atoms with Crippen LogP contribution in [0.2, 0.25) is 5.02 Å². The quantitative estimate of drug-likeness (QED) is 0.850. The van der Waals surface area contributed by atoms with Gasteiger partial charge in [-0.15, -0.1) is 0 Å². The zero-order valence-electron chi connectivity index (χ0n) is 14.3. The number of amides is 1. The Morgan fingerprint density at radius 2 is 2.04 bits per heavy atom. The fourth-order valence-electron chi connectivity index (χ4n) is 3.14. The standard InChI is InChI=1S/C17H23ClN4O2/c1-12-16(18)13(2)22(19-12)14(3)17(23)21-8-6-20(7-9-21)11-15-5-4-10-24-15/h4-5,10,14H,6-9,11H2,1-3H3. The Hall–Kier alpha value is -1.79. The number of furan rings is 1. The Balaban J connectivity index is 1.59. The molecule has 130 valence electrons. The predicted octanol–water partition coefficient (Wildman–Crippen LogP) is 2.65. The lowest BCUT2D eigenvalue weighted by atomic mass is 10.2. The van der Waals surface area contributed by atoms with Crippen molar-refractivity contribution in [3.05, 3.63) is 40.6 Å². The van der Waals surface area contributed by atoms with E-state index in [9.17, 15) is 4.79 Å². The summed E-state index contributed by atoms with van der Waals surface area (Å²) in [6, 6.07) is 3.54. The molecule has 0 spiro atoms. The molecule has 6 nitrogen and oxygen atoms in total. The molecule has 1 amide bonds. The van der Waals surface area contributed by atoms with E-state index in [1.165, 1.54) is 0 Å². The molecule has 0 radical (unpaired) electrons. The number of hydrogen-bond donors (Lipinski definition) is 0. The Labute approximate surface area is 147 Å². The summed E-state index contributed by atoms with van der Waals surface area (Å²) < 4.78 is 7.12. The van der Waals surface area contributed by atoms with Gasteiger partial charge in [0.05, 0.1) is 29.2 Å². The SMILES string of the molecule is Cc1nn(C(C)C(=O)N2CCN(Cc3ccco3)CC2)c(C)c1Cl. The van der Waals surface area contributed by atoms with Crippen molar-refractivity contribution in [2.75, 3.05) is 26.2 Å². The molecule has 2 aromatic rings. The molecule has 1 aliphatic heterocycles. The molecule has 1 unspecified atom stereocenters. The normalized spacial score (nSPS) is 17.2. The molecule has 0 aromatic carbocycles. The lowest BCUT2D eigenvalue weighted by Gasteiger charge is -2.35. The van der Waals surface area contributed by atoms with E-state index >= 15 is 0 Å². The Bertz CT molecular complexity index is 702. The van der Waals surface area contributed by atoms with Crippen molar-refractivity contribution in [1.82, 2.24) is 19.6 Å². The maximum absolute atomic E-state index is 12.8. The largest absolute Gasteiger partial charge is 0.468 e. The molecule has 1 fully saturated rings. The monoisotopic (exact) mass is 350 g/mol. The molecule has 1 atom stereocenters. The molecule has 1 saturated heterocycles. The predicted molar refractivity (Wildman–Crippen MR) is 92.0 cm³/mol. The number of nitrogens with zero attached hydrogens (tertiary/aromatic N) is 4. The van der Waals surface area contributed by atoms with Crippen molar-refractivity contribution in [3.63, 3.8) is 0 Å². The number of aryl methyl sites for hydroxylation is 1. The van der Waals surface area contributed by atoms with Crippen LogP contribution in [-0.2, 0) is 11.3 Å². The van der Waals surface area contributed by atoms with Gasteiger partial charge in [-0.2, -0.15) is 5.10 Å². The maximum Gasteiger partial charge on any atom is 0.247 e. The number of rotatable bonds is 4. The first-order valence-corrected chi connectivity index (χ1v) is 8.60. The minimum Gasteiger partial charge on any atom is -0.468 e. The summed E-state index contributed by atoms with van der Waals surface area (Å²) >= 11 is 6.20.